The number of methoxy groups -OCH3 is 1. The number of aromatic nitrogens is 1. The van der Waals surface area contributed by atoms with E-state index in [1.165, 1.54) is 13.3 Å². The van der Waals surface area contributed by atoms with Crippen LogP contribution in [0.2, 0.25) is 15.1 Å². The Balaban J connectivity index is 2.24. The molecule has 1 atom stereocenters. The lowest BCUT2D eigenvalue weighted by molar-refractivity contribution is 0.222. The molecule has 2 aromatic rings. The lowest BCUT2D eigenvalue weighted by atomic mass is 10.1. The van der Waals surface area contributed by atoms with Gasteiger partial charge in [-0.25, -0.2) is 4.98 Å². The number of aliphatic hydroxyl groups excluding tert-OH is 1. The molecule has 0 amide bonds. The first-order valence-corrected chi connectivity index (χ1v) is 7.15. The zero-order chi connectivity index (χ0) is 15.4. The van der Waals surface area contributed by atoms with Crippen molar-refractivity contribution in [3.63, 3.8) is 0 Å². The van der Waals surface area contributed by atoms with Crippen molar-refractivity contribution in [3.8, 4) is 5.88 Å². The highest BCUT2D eigenvalue weighted by atomic mass is 35.5. The van der Waals surface area contributed by atoms with Gasteiger partial charge in [-0.05, 0) is 23.8 Å². The van der Waals surface area contributed by atoms with E-state index < -0.39 is 6.10 Å². The Morgan fingerprint density at radius 2 is 1.95 bits per heavy atom. The van der Waals surface area contributed by atoms with E-state index in [9.17, 15) is 5.11 Å². The molecule has 0 radical (unpaired) electrons. The molecule has 0 aliphatic rings. The van der Waals surface area contributed by atoms with E-state index in [1.807, 2.05) is 0 Å². The monoisotopic (exact) mass is 343 g/mol. The number of pyridine rings is 1. The summed E-state index contributed by atoms with van der Waals surface area (Å²) < 4.78 is 5.11. The number of nitrogens with zero attached hydrogens (tertiary/aromatic N) is 1. The number of hydrogen-bond acceptors (Lipinski definition) is 3. The molecule has 110 valence electrons. The number of hydrogen-bond donors (Lipinski definition) is 1. The average molecular weight is 345 g/mol. The van der Waals surface area contributed by atoms with Crippen molar-refractivity contribution in [2.24, 2.45) is 0 Å². The fourth-order valence-electron chi connectivity index (χ4n) is 1.75. The van der Waals surface area contributed by atoms with E-state index in [0.717, 1.165) is 5.56 Å². The van der Waals surface area contributed by atoms with Crippen LogP contribution in [-0.2, 0) is 0 Å². The standard InChI is InChI=1S/C15H12Cl3NO2/c1-21-15-11(7-10(16)8-19-15)14(20)5-3-9-2-4-12(17)13(18)6-9/h2-8,14,20H,1H3/b5-3+. The van der Waals surface area contributed by atoms with Crippen LogP contribution >= 0.6 is 34.8 Å². The van der Waals surface area contributed by atoms with Gasteiger partial charge >= 0.3 is 0 Å². The molecule has 0 aliphatic carbocycles. The highest BCUT2D eigenvalue weighted by Gasteiger charge is 2.12. The molecule has 2 rings (SSSR count). The van der Waals surface area contributed by atoms with Gasteiger partial charge in [0.15, 0.2) is 0 Å². The van der Waals surface area contributed by atoms with Gasteiger partial charge in [-0.15, -0.1) is 0 Å². The van der Waals surface area contributed by atoms with Gasteiger partial charge in [-0.3, -0.25) is 0 Å². The summed E-state index contributed by atoms with van der Waals surface area (Å²) in [4.78, 5) is 4.01. The predicted molar refractivity (Wildman–Crippen MR) is 86.3 cm³/mol. The van der Waals surface area contributed by atoms with Gasteiger partial charge in [-0.1, -0.05) is 53.0 Å². The molecule has 0 bridgehead atoms. The summed E-state index contributed by atoms with van der Waals surface area (Å²) in [7, 11) is 1.48. The third-order valence-electron chi connectivity index (χ3n) is 2.77. The second kappa shape index (κ2) is 7.14. The van der Waals surface area contributed by atoms with E-state index in [2.05, 4.69) is 4.98 Å². The quantitative estimate of drug-likeness (QED) is 0.866. The molecule has 1 heterocycles. The number of halogens is 3. The average Bonchev–Trinajstić information content (AvgIpc) is 2.48. The second-order valence-electron chi connectivity index (χ2n) is 4.23. The smallest absolute Gasteiger partial charge is 0.219 e. The summed E-state index contributed by atoms with van der Waals surface area (Å²) in [6.07, 6.45) is 3.88. The van der Waals surface area contributed by atoms with E-state index in [1.54, 1.807) is 36.4 Å². The molecular formula is C15H12Cl3NO2. The van der Waals surface area contributed by atoms with Crippen LogP contribution in [0.3, 0.4) is 0 Å². The van der Waals surface area contributed by atoms with Crippen molar-refractivity contribution in [2.75, 3.05) is 7.11 Å². The largest absolute Gasteiger partial charge is 0.481 e. The topological polar surface area (TPSA) is 42.4 Å². The number of benzene rings is 1. The van der Waals surface area contributed by atoms with Crippen LogP contribution in [-0.4, -0.2) is 17.2 Å². The van der Waals surface area contributed by atoms with Crippen LogP contribution in [0.1, 0.15) is 17.2 Å². The SMILES string of the molecule is COc1ncc(Cl)cc1C(O)/C=C/c1ccc(Cl)c(Cl)c1. The van der Waals surface area contributed by atoms with Crippen molar-refractivity contribution in [2.45, 2.75) is 6.10 Å². The predicted octanol–water partition coefficient (Wildman–Crippen LogP) is 4.80. The second-order valence-corrected chi connectivity index (χ2v) is 5.48. The zero-order valence-corrected chi connectivity index (χ0v) is 13.3. The Hall–Kier alpha value is -1.26. The summed E-state index contributed by atoms with van der Waals surface area (Å²) >= 11 is 17.7. The summed E-state index contributed by atoms with van der Waals surface area (Å²) in [5.41, 5.74) is 1.30. The lowest BCUT2D eigenvalue weighted by Crippen LogP contribution is -1.99. The number of ether oxygens (including phenoxy) is 1. The molecule has 0 saturated heterocycles. The first-order valence-electron chi connectivity index (χ1n) is 6.02. The van der Waals surface area contributed by atoms with Crippen LogP contribution in [0, 0.1) is 0 Å². The van der Waals surface area contributed by atoms with Gasteiger partial charge in [0.1, 0.15) is 6.10 Å². The van der Waals surface area contributed by atoms with Gasteiger partial charge in [-0.2, -0.15) is 0 Å². The molecule has 1 aromatic heterocycles. The van der Waals surface area contributed by atoms with Crippen molar-refractivity contribution in [1.29, 1.82) is 0 Å². The summed E-state index contributed by atoms with van der Waals surface area (Å²) in [5, 5.41) is 11.6. The molecule has 0 spiro atoms. The summed E-state index contributed by atoms with van der Waals surface area (Å²) in [5.74, 6) is 0.325. The van der Waals surface area contributed by atoms with Crippen molar-refractivity contribution >= 4 is 40.9 Å². The van der Waals surface area contributed by atoms with Crippen molar-refractivity contribution in [3.05, 3.63) is 62.7 Å². The fraction of sp³-hybridized carbons (Fsp3) is 0.133. The first kappa shape index (κ1) is 16.1. The molecule has 1 N–H and O–H groups in total. The maximum absolute atomic E-state index is 10.2. The lowest BCUT2D eigenvalue weighted by Gasteiger charge is -2.10. The minimum atomic E-state index is -0.902. The Kier molecular flexibility index (Phi) is 5.48. The van der Waals surface area contributed by atoms with Crippen molar-refractivity contribution in [1.82, 2.24) is 4.98 Å². The number of aliphatic hydroxyl groups is 1. The van der Waals surface area contributed by atoms with Crippen LogP contribution < -0.4 is 4.74 Å². The van der Waals surface area contributed by atoms with Gasteiger partial charge in [0.25, 0.3) is 0 Å². The minimum Gasteiger partial charge on any atom is -0.481 e. The maximum Gasteiger partial charge on any atom is 0.219 e. The molecule has 6 heteroatoms. The number of rotatable bonds is 4. The van der Waals surface area contributed by atoms with Crippen LogP contribution in [0.4, 0.5) is 0 Å². The Labute approximate surface area is 137 Å². The van der Waals surface area contributed by atoms with Crippen LogP contribution in [0.15, 0.2) is 36.5 Å². The summed E-state index contributed by atoms with van der Waals surface area (Å²) in [6.45, 7) is 0. The van der Waals surface area contributed by atoms with Gasteiger partial charge in [0.2, 0.25) is 5.88 Å². The molecule has 1 aromatic carbocycles. The van der Waals surface area contributed by atoms with Crippen LogP contribution in [0.5, 0.6) is 5.88 Å². The van der Waals surface area contributed by atoms with E-state index >= 15 is 0 Å². The molecule has 3 nitrogen and oxygen atoms in total. The molecule has 0 aliphatic heterocycles. The normalized spacial score (nSPS) is 12.6. The maximum atomic E-state index is 10.2. The molecule has 1 unspecified atom stereocenters. The first-order chi connectivity index (χ1) is 10.0. The minimum absolute atomic E-state index is 0.325. The Morgan fingerprint density at radius 3 is 2.62 bits per heavy atom. The Bertz CT molecular complexity index is 674. The van der Waals surface area contributed by atoms with Gasteiger partial charge in [0.05, 0.1) is 22.2 Å². The van der Waals surface area contributed by atoms with Gasteiger partial charge < -0.3 is 9.84 Å². The molecule has 0 saturated carbocycles. The highest BCUT2D eigenvalue weighted by Crippen LogP contribution is 2.28. The summed E-state index contributed by atoms with van der Waals surface area (Å²) in [6, 6.07) is 6.81. The molecule has 0 fully saturated rings. The molecule has 21 heavy (non-hydrogen) atoms. The molecular weight excluding hydrogens is 333 g/mol. The third kappa shape index (κ3) is 4.11. The third-order valence-corrected chi connectivity index (χ3v) is 3.72. The highest BCUT2D eigenvalue weighted by molar-refractivity contribution is 6.42. The fourth-order valence-corrected chi connectivity index (χ4v) is 2.22. The van der Waals surface area contributed by atoms with Crippen molar-refractivity contribution < 1.29 is 9.84 Å². The zero-order valence-electron chi connectivity index (χ0n) is 11.1. The van der Waals surface area contributed by atoms with E-state index in [4.69, 9.17) is 39.5 Å². The van der Waals surface area contributed by atoms with E-state index in [0.29, 0.717) is 26.5 Å². The van der Waals surface area contributed by atoms with Gasteiger partial charge in [0, 0.05) is 11.8 Å². The van der Waals surface area contributed by atoms with Crippen LogP contribution in [0.25, 0.3) is 6.08 Å². The van der Waals surface area contributed by atoms with E-state index in [-0.39, 0.29) is 0 Å². The Morgan fingerprint density at radius 1 is 1.19 bits per heavy atom.